The molecule has 0 aliphatic rings. The highest BCUT2D eigenvalue weighted by molar-refractivity contribution is 8.00. The maximum atomic E-state index is 12.2. The maximum Gasteiger partial charge on any atom is 0.246 e. The van der Waals surface area contributed by atoms with Crippen LogP contribution in [0.4, 0.5) is 0 Å². The van der Waals surface area contributed by atoms with Gasteiger partial charge >= 0.3 is 0 Å². The Morgan fingerprint density at radius 3 is 2.76 bits per heavy atom. The molecule has 0 unspecified atom stereocenters. The summed E-state index contributed by atoms with van der Waals surface area (Å²) in [6.07, 6.45) is 0. The summed E-state index contributed by atoms with van der Waals surface area (Å²) in [4.78, 5) is 17.6. The number of rotatable bonds is 6. The Morgan fingerprint density at radius 2 is 2.00 bits per heavy atom. The predicted octanol–water partition coefficient (Wildman–Crippen LogP) is 3.84. The van der Waals surface area contributed by atoms with Gasteiger partial charge < -0.3 is 9.84 Å². The van der Waals surface area contributed by atoms with Gasteiger partial charge in [-0.25, -0.2) is 0 Å². The minimum Gasteiger partial charge on any atom is -0.346 e. The van der Waals surface area contributed by atoms with Crippen molar-refractivity contribution in [3.8, 4) is 11.4 Å². The van der Waals surface area contributed by atoms with Crippen molar-refractivity contribution < 1.29 is 9.32 Å². The molecule has 6 heteroatoms. The number of hydrogen-bond acceptors (Lipinski definition) is 5. The third kappa shape index (κ3) is 4.70. The molecule has 0 bridgehead atoms. The Labute approximate surface area is 150 Å². The Bertz CT molecular complexity index is 849. The lowest BCUT2D eigenvalue weighted by Crippen LogP contribution is -2.30. The van der Waals surface area contributed by atoms with Gasteiger partial charge in [0.2, 0.25) is 17.6 Å². The van der Waals surface area contributed by atoms with Crippen molar-refractivity contribution >= 4 is 17.7 Å². The maximum absolute atomic E-state index is 12.2. The normalized spacial score (nSPS) is 11.9. The van der Waals surface area contributed by atoms with Crippen LogP contribution in [0.1, 0.15) is 18.4 Å². The molecule has 0 saturated carbocycles. The average molecular weight is 353 g/mol. The lowest BCUT2D eigenvalue weighted by atomic mass is 10.1. The number of carbonyl (C=O) groups excluding carboxylic acids is 1. The van der Waals surface area contributed by atoms with E-state index in [-0.39, 0.29) is 17.7 Å². The fourth-order valence-corrected chi connectivity index (χ4v) is 3.20. The van der Waals surface area contributed by atoms with Crippen LogP contribution in [0.15, 0.2) is 64.0 Å². The summed E-state index contributed by atoms with van der Waals surface area (Å²) in [5, 5.41) is 6.61. The van der Waals surface area contributed by atoms with Gasteiger partial charge in [0.15, 0.2) is 0 Å². The fraction of sp³-hybridized carbons (Fsp3) is 0.211. The highest BCUT2D eigenvalue weighted by Crippen LogP contribution is 2.22. The molecule has 25 heavy (non-hydrogen) atoms. The monoisotopic (exact) mass is 353 g/mol. The van der Waals surface area contributed by atoms with E-state index < -0.39 is 0 Å². The minimum atomic E-state index is -0.207. The summed E-state index contributed by atoms with van der Waals surface area (Å²) in [6, 6.07) is 17.7. The van der Waals surface area contributed by atoms with Crippen molar-refractivity contribution in [1.29, 1.82) is 0 Å². The number of hydrogen-bond donors (Lipinski definition) is 1. The number of nitrogens with one attached hydrogen (secondary N) is 1. The number of carbonyl (C=O) groups is 1. The molecule has 0 aliphatic carbocycles. The smallest absolute Gasteiger partial charge is 0.246 e. The second-order valence-electron chi connectivity index (χ2n) is 5.67. The summed E-state index contributed by atoms with van der Waals surface area (Å²) in [5.74, 6) is 0.852. The van der Waals surface area contributed by atoms with Crippen molar-refractivity contribution in [2.75, 3.05) is 0 Å². The molecular formula is C19H19N3O2S. The molecule has 1 N–H and O–H groups in total. The van der Waals surface area contributed by atoms with Crippen LogP contribution in [0.2, 0.25) is 0 Å². The van der Waals surface area contributed by atoms with Gasteiger partial charge in [-0.2, -0.15) is 4.98 Å². The first-order valence-corrected chi connectivity index (χ1v) is 8.89. The Hall–Kier alpha value is -2.60. The lowest BCUT2D eigenvalue weighted by molar-refractivity contribution is -0.120. The largest absolute Gasteiger partial charge is 0.346 e. The summed E-state index contributed by atoms with van der Waals surface area (Å²) in [7, 11) is 0. The molecule has 0 fully saturated rings. The van der Waals surface area contributed by atoms with E-state index in [9.17, 15) is 4.79 Å². The average Bonchev–Trinajstić information content (AvgIpc) is 3.09. The zero-order valence-corrected chi connectivity index (χ0v) is 14.9. The van der Waals surface area contributed by atoms with E-state index in [1.165, 1.54) is 11.8 Å². The third-order valence-electron chi connectivity index (χ3n) is 3.58. The SMILES string of the molecule is Cc1cccc(-c2noc(CNC(=O)[C@@H](C)Sc3ccccc3)n2)c1. The molecule has 128 valence electrons. The van der Waals surface area contributed by atoms with E-state index in [2.05, 4.69) is 15.5 Å². The molecule has 0 saturated heterocycles. The van der Waals surface area contributed by atoms with Gasteiger partial charge in [-0.3, -0.25) is 4.79 Å². The van der Waals surface area contributed by atoms with Crippen LogP contribution < -0.4 is 5.32 Å². The van der Waals surface area contributed by atoms with Gasteiger partial charge in [0, 0.05) is 10.5 Å². The van der Waals surface area contributed by atoms with Crippen molar-refractivity contribution in [2.45, 2.75) is 30.5 Å². The van der Waals surface area contributed by atoms with Crippen LogP contribution in [0.5, 0.6) is 0 Å². The van der Waals surface area contributed by atoms with Crippen LogP contribution >= 0.6 is 11.8 Å². The van der Waals surface area contributed by atoms with Crippen molar-refractivity contribution in [1.82, 2.24) is 15.5 Å². The highest BCUT2D eigenvalue weighted by atomic mass is 32.2. The molecule has 2 aromatic carbocycles. The van der Waals surface area contributed by atoms with Gasteiger partial charge in [0.05, 0.1) is 11.8 Å². The van der Waals surface area contributed by atoms with Crippen molar-refractivity contribution in [3.05, 3.63) is 66.1 Å². The van der Waals surface area contributed by atoms with Crippen LogP contribution in [0, 0.1) is 6.92 Å². The second-order valence-corrected chi connectivity index (χ2v) is 7.09. The Balaban J connectivity index is 1.56. The van der Waals surface area contributed by atoms with Gasteiger partial charge in [0.1, 0.15) is 0 Å². The Kier molecular flexibility index (Phi) is 5.50. The summed E-state index contributed by atoms with van der Waals surface area (Å²) in [5.41, 5.74) is 2.03. The topological polar surface area (TPSA) is 68.0 Å². The number of benzene rings is 2. The van der Waals surface area contributed by atoms with E-state index in [0.717, 1.165) is 16.0 Å². The summed E-state index contributed by atoms with van der Waals surface area (Å²) >= 11 is 1.51. The molecule has 1 aromatic heterocycles. The van der Waals surface area contributed by atoms with Crippen LogP contribution in [-0.2, 0) is 11.3 Å². The highest BCUT2D eigenvalue weighted by Gasteiger charge is 2.16. The first kappa shape index (κ1) is 17.2. The first-order valence-electron chi connectivity index (χ1n) is 8.01. The Morgan fingerprint density at radius 1 is 1.20 bits per heavy atom. The zero-order chi connectivity index (χ0) is 17.6. The standard InChI is InChI=1S/C19H19N3O2S/c1-13-7-6-8-15(11-13)18-21-17(24-22-18)12-20-19(23)14(2)25-16-9-4-3-5-10-16/h3-11,14H,12H2,1-2H3,(H,20,23)/t14-/m1/s1. The van der Waals surface area contributed by atoms with Crippen LogP contribution in [-0.4, -0.2) is 21.3 Å². The summed E-state index contributed by atoms with van der Waals surface area (Å²) < 4.78 is 5.22. The molecule has 1 amide bonds. The van der Waals surface area contributed by atoms with Crippen molar-refractivity contribution in [3.63, 3.8) is 0 Å². The van der Waals surface area contributed by atoms with Gasteiger partial charge in [-0.1, -0.05) is 47.1 Å². The molecule has 3 rings (SSSR count). The van der Waals surface area contributed by atoms with E-state index in [1.54, 1.807) is 0 Å². The molecule has 1 atom stereocenters. The number of aromatic nitrogens is 2. The number of amides is 1. The van der Waals surface area contributed by atoms with Crippen LogP contribution in [0.25, 0.3) is 11.4 Å². The zero-order valence-electron chi connectivity index (χ0n) is 14.1. The number of nitrogens with zero attached hydrogens (tertiary/aromatic N) is 2. The third-order valence-corrected chi connectivity index (χ3v) is 4.70. The lowest BCUT2D eigenvalue weighted by Gasteiger charge is -2.10. The van der Waals surface area contributed by atoms with E-state index in [0.29, 0.717) is 11.7 Å². The molecule has 0 spiro atoms. The molecule has 0 radical (unpaired) electrons. The molecule has 1 heterocycles. The second kappa shape index (κ2) is 7.98. The molecule has 5 nitrogen and oxygen atoms in total. The van der Waals surface area contributed by atoms with E-state index >= 15 is 0 Å². The van der Waals surface area contributed by atoms with Gasteiger partial charge in [-0.15, -0.1) is 11.8 Å². The van der Waals surface area contributed by atoms with Crippen molar-refractivity contribution in [2.24, 2.45) is 0 Å². The molecule has 0 aliphatic heterocycles. The first-order chi connectivity index (χ1) is 12.1. The molecule has 3 aromatic rings. The van der Waals surface area contributed by atoms with E-state index in [1.807, 2.05) is 68.4 Å². The minimum absolute atomic E-state index is 0.0656. The van der Waals surface area contributed by atoms with Gasteiger partial charge in [0.25, 0.3) is 0 Å². The quantitative estimate of drug-likeness (QED) is 0.682. The number of thioether (sulfide) groups is 1. The number of aryl methyl sites for hydroxylation is 1. The predicted molar refractivity (Wildman–Crippen MR) is 98.1 cm³/mol. The fourth-order valence-electron chi connectivity index (χ4n) is 2.29. The van der Waals surface area contributed by atoms with Gasteiger partial charge in [-0.05, 0) is 32.0 Å². The van der Waals surface area contributed by atoms with Crippen LogP contribution in [0.3, 0.4) is 0 Å². The van der Waals surface area contributed by atoms with E-state index in [4.69, 9.17) is 4.52 Å². The summed E-state index contributed by atoms with van der Waals surface area (Å²) in [6.45, 7) is 4.10. The molecular weight excluding hydrogens is 334 g/mol.